The predicted octanol–water partition coefficient (Wildman–Crippen LogP) is 2.00. The number of anilines is 1. The lowest BCUT2D eigenvalue weighted by Crippen LogP contribution is -2.32. The summed E-state index contributed by atoms with van der Waals surface area (Å²) >= 11 is 11.7. The van der Waals surface area contributed by atoms with Crippen molar-refractivity contribution in [2.24, 2.45) is 0 Å². The number of aliphatic hydroxyl groups excluding tert-OH is 1. The fourth-order valence-corrected chi connectivity index (χ4v) is 2.40. The molecule has 4 nitrogen and oxygen atoms in total. The monoisotopic (exact) mass is 288 g/mol. The first-order valence-corrected chi connectivity index (χ1v) is 6.45. The Kier molecular flexibility index (Phi) is 4.45. The van der Waals surface area contributed by atoms with Crippen molar-refractivity contribution in [1.29, 1.82) is 0 Å². The third-order valence-electron chi connectivity index (χ3n) is 2.82. The zero-order valence-corrected chi connectivity index (χ0v) is 11.2. The molecule has 1 heterocycles. The van der Waals surface area contributed by atoms with Crippen LogP contribution in [0.2, 0.25) is 10.0 Å². The lowest BCUT2D eigenvalue weighted by atomic mass is 10.3. The molecule has 2 rings (SSSR count). The third kappa shape index (κ3) is 3.59. The van der Waals surface area contributed by atoms with Crippen molar-refractivity contribution >= 4 is 34.8 Å². The maximum atomic E-state index is 11.8. The summed E-state index contributed by atoms with van der Waals surface area (Å²) in [6, 6.07) is 4.92. The van der Waals surface area contributed by atoms with E-state index in [0.717, 1.165) is 13.0 Å². The molecule has 1 aliphatic heterocycles. The number of hydrogen-bond acceptors (Lipinski definition) is 3. The van der Waals surface area contributed by atoms with Gasteiger partial charge in [-0.15, -0.1) is 0 Å². The molecule has 0 radical (unpaired) electrons. The molecular weight excluding hydrogens is 275 g/mol. The molecular formula is C12H14Cl2N2O2. The Balaban J connectivity index is 1.91. The molecule has 1 aliphatic rings. The minimum absolute atomic E-state index is 0.145. The van der Waals surface area contributed by atoms with Crippen LogP contribution in [0.4, 0.5) is 5.69 Å². The van der Waals surface area contributed by atoms with Crippen molar-refractivity contribution in [2.75, 3.05) is 25.0 Å². The summed E-state index contributed by atoms with van der Waals surface area (Å²) in [5.41, 5.74) is 0.547. The largest absolute Gasteiger partial charge is 0.392 e. The standard InChI is InChI=1S/C12H14Cl2N2O2/c13-8-1-2-11(10(14)5-8)15-12(18)7-16-4-3-9(17)6-16/h1-2,5,9,17H,3-4,6-7H2,(H,15,18)/t9-/m0/s1. The highest BCUT2D eigenvalue weighted by atomic mass is 35.5. The molecule has 0 spiro atoms. The highest BCUT2D eigenvalue weighted by molar-refractivity contribution is 6.36. The van der Waals surface area contributed by atoms with Gasteiger partial charge in [0.1, 0.15) is 0 Å². The van der Waals surface area contributed by atoms with E-state index in [1.54, 1.807) is 18.2 Å². The number of amides is 1. The van der Waals surface area contributed by atoms with Crippen LogP contribution < -0.4 is 5.32 Å². The lowest BCUT2D eigenvalue weighted by Gasteiger charge is -2.15. The van der Waals surface area contributed by atoms with E-state index in [2.05, 4.69) is 5.32 Å². The van der Waals surface area contributed by atoms with Gasteiger partial charge in [-0.2, -0.15) is 0 Å². The van der Waals surface area contributed by atoms with Crippen LogP contribution in [-0.2, 0) is 4.79 Å². The van der Waals surface area contributed by atoms with Crippen LogP contribution in [0.1, 0.15) is 6.42 Å². The number of halogens is 2. The minimum atomic E-state index is -0.322. The topological polar surface area (TPSA) is 52.6 Å². The molecule has 0 bridgehead atoms. The zero-order valence-electron chi connectivity index (χ0n) is 9.70. The van der Waals surface area contributed by atoms with Crippen LogP contribution in [0.25, 0.3) is 0 Å². The summed E-state index contributed by atoms with van der Waals surface area (Å²) in [5.74, 6) is -0.145. The summed E-state index contributed by atoms with van der Waals surface area (Å²) in [6.45, 7) is 1.54. The number of β-amino-alcohol motifs (C(OH)–C–C–N with tert-alkyl or cyclic N) is 1. The van der Waals surface area contributed by atoms with Crippen molar-refractivity contribution in [1.82, 2.24) is 4.90 Å². The van der Waals surface area contributed by atoms with Gasteiger partial charge in [-0.05, 0) is 24.6 Å². The summed E-state index contributed by atoms with van der Waals surface area (Å²) in [7, 11) is 0. The highest BCUT2D eigenvalue weighted by Gasteiger charge is 2.22. The van der Waals surface area contributed by atoms with Gasteiger partial charge in [0.05, 0.1) is 23.4 Å². The Labute approximate surface area is 115 Å². The molecule has 0 aliphatic carbocycles. The number of nitrogens with zero attached hydrogens (tertiary/aromatic N) is 1. The summed E-state index contributed by atoms with van der Waals surface area (Å²) in [6.07, 6.45) is 0.395. The molecule has 1 aromatic carbocycles. The molecule has 0 saturated carbocycles. The Bertz CT molecular complexity index is 454. The second kappa shape index (κ2) is 5.89. The van der Waals surface area contributed by atoms with Gasteiger partial charge in [-0.25, -0.2) is 0 Å². The second-order valence-electron chi connectivity index (χ2n) is 4.35. The average molecular weight is 289 g/mol. The Morgan fingerprint density at radius 3 is 2.89 bits per heavy atom. The van der Waals surface area contributed by atoms with Crippen LogP contribution in [0.5, 0.6) is 0 Å². The second-order valence-corrected chi connectivity index (χ2v) is 5.19. The molecule has 6 heteroatoms. The number of benzene rings is 1. The van der Waals surface area contributed by atoms with Gasteiger partial charge in [0.25, 0.3) is 0 Å². The van der Waals surface area contributed by atoms with Crippen LogP contribution in [0, 0.1) is 0 Å². The quantitative estimate of drug-likeness (QED) is 0.895. The van der Waals surface area contributed by atoms with E-state index < -0.39 is 0 Å². The normalized spacial score (nSPS) is 20.1. The van der Waals surface area contributed by atoms with Crippen molar-refractivity contribution < 1.29 is 9.90 Å². The maximum Gasteiger partial charge on any atom is 0.238 e. The van der Waals surface area contributed by atoms with Crippen molar-refractivity contribution in [3.05, 3.63) is 28.2 Å². The fourth-order valence-electron chi connectivity index (χ4n) is 1.94. The van der Waals surface area contributed by atoms with Crippen LogP contribution in [-0.4, -0.2) is 41.7 Å². The molecule has 98 valence electrons. The Morgan fingerprint density at radius 1 is 1.50 bits per heavy atom. The van der Waals surface area contributed by atoms with Crippen LogP contribution in [0.15, 0.2) is 18.2 Å². The Hall–Kier alpha value is -0.810. The summed E-state index contributed by atoms with van der Waals surface area (Å²) in [4.78, 5) is 13.7. The molecule has 2 N–H and O–H groups in total. The number of nitrogens with one attached hydrogen (secondary N) is 1. The third-order valence-corrected chi connectivity index (χ3v) is 3.37. The minimum Gasteiger partial charge on any atom is -0.392 e. The maximum absolute atomic E-state index is 11.8. The summed E-state index contributed by atoms with van der Waals surface area (Å²) < 4.78 is 0. The van der Waals surface area contributed by atoms with E-state index in [1.807, 2.05) is 4.90 Å². The highest BCUT2D eigenvalue weighted by Crippen LogP contribution is 2.25. The number of carbonyl (C=O) groups is 1. The molecule has 1 amide bonds. The van der Waals surface area contributed by atoms with Crippen molar-refractivity contribution in [2.45, 2.75) is 12.5 Å². The van der Waals surface area contributed by atoms with Gasteiger partial charge < -0.3 is 10.4 Å². The smallest absolute Gasteiger partial charge is 0.238 e. The average Bonchev–Trinajstić information content (AvgIpc) is 2.68. The van der Waals surface area contributed by atoms with Gasteiger partial charge >= 0.3 is 0 Å². The van der Waals surface area contributed by atoms with E-state index >= 15 is 0 Å². The van der Waals surface area contributed by atoms with Crippen LogP contribution in [0.3, 0.4) is 0 Å². The van der Waals surface area contributed by atoms with Crippen molar-refractivity contribution in [3.63, 3.8) is 0 Å². The van der Waals surface area contributed by atoms with E-state index in [0.29, 0.717) is 22.3 Å². The molecule has 1 aromatic rings. The number of likely N-dealkylation sites (tertiary alicyclic amines) is 1. The molecule has 1 saturated heterocycles. The number of carbonyl (C=O) groups excluding carboxylic acids is 1. The predicted molar refractivity (Wildman–Crippen MR) is 72.2 cm³/mol. The number of aliphatic hydroxyl groups is 1. The van der Waals surface area contributed by atoms with Gasteiger partial charge in [-0.3, -0.25) is 9.69 Å². The first-order valence-electron chi connectivity index (χ1n) is 5.70. The molecule has 1 fully saturated rings. The van der Waals surface area contributed by atoms with E-state index in [4.69, 9.17) is 23.2 Å². The first kappa shape index (κ1) is 13.6. The zero-order chi connectivity index (χ0) is 13.1. The SMILES string of the molecule is O=C(CN1CC[C@H](O)C1)Nc1ccc(Cl)cc1Cl. The van der Waals surface area contributed by atoms with Gasteiger partial charge in [0.2, 0.25) is 5.91 Å². The summed E-state index contributed by atoms with van der Waals surface area (Å²) in [5, 5.41) is 13.0. The van der Waals surface area contributed by atoms with E-state index in [9.17, 15) is 9.90 Å². The lowest BCUT2D eigenvalue weighted by molar-refractivity contribution is -0.117. The number of rotatable bonds is 3. The molecule has 18 heavy (non-hydrogen) atoms. The fraction of sp³-hybridized carbons (Fsp3) is 0.417. The Morgan fingerprint density at radius 2 is 2.28 bits per heavy atom. The first-order chi connectivity index (χ1) is 8.54. The van der Waals surface area contributed by atoms with E-state index in [-0.39, 0.29) is 18.6 Å². The van der Waals surface area contributed by atoms with Gasteiger partial charge in [0, 0.05) is 18.1 Å². The van der Waals surface area contributed by atoms with Gasteiger partial charge in [-0.1, -0.05) is 23.2 Å². The molecule has 0 unspecified atom stereocenters. The van der Waals surface area contributed by atoms with Gasteiger partial charge in [0.15, 0.2) is 0 Å². The van der Waals surface area contributed by atoms with Crippen molar-refractivity contribution in [3.8, 4) is 0 Å². The molecule has 1 atom stereocenters. The number of hydrogen-bond donors (Lipinski definition) is 2. The molecule has 0 aromatic heterocycles. The van der Waals surface area contributed by atoms with E-state index in [1.165, 1.54) is 0 Å². The van der Waals surface area contributed by atoms with Crippen LogP contribution >= 0.6 is 23.2 Å².